The van der Waals surface area contributed by atoms with Crippen LogP contribution in [-0.2, 0) is 22.6 Å². The molecule has 4 nitrogen and oxygen atoms in total. The molecule has 0 aliphatic rings. The van der Waals surface area contributed by atoms with Crippen LogP contribution in [0.5, 0.6) is 0 Å². The van der Waals surface area contributed by atoms with Crippen LogP contribution < -0.4 is 5.32 Å². The molecule has 0 saturated carbocycles. The summed E-state index contributed by atoms with van der Waals surface area (Å²) in [7, 11) is 0. The molecule has 1 atom stereocenters. The molecule has 0 bridgehead atoms. The van der Waals surface area contributed by atoms with E-state index in [2.05, 4.69) is 5.32 Å². The van der Waals surface area contributed by atoms with E-state index in [9.17, 15) is 14.0 Å². The van der Waals surface area contributed by atoms with Crippen molar-refractivity contribution >= 4 is 23.6 Å². The molecule has 0 fully saturated rings. The fourth-order valence-electron chi connectivity index (χ4n) is 3.56. The second-order valence-electron chi connectivity index (χ2n) is 9.16. The van der Waals surface area contributed by atoms with Crippen LogP contribution in [0.1, 0.15) is 31.9 Å². The van der Waals surface area contributed by atoms with Crippen molar-refractivity contribution in [1.82, 2.24) is 10.2 Å². The largest absolute Gasteiger partial charge is 0.350 e. The van der Waals surface area contributed by atoms with Crippen molar-refractivity contribution in [2.45, 2.75) is 50.2 Å². The number of hydrogen-bond donors (Lipinski definition) is 1. The van der Waals surface area contributed by atoms with Crippen LogP contribution in [0, 0.1) is 5.82 Å². The van der Waals surface area contributed by atoms with Crippen molar-refractivity contribution in [3.8, 4) is 0 Å². The summed E-state index contributed by atoms with van der Waals surface area (Å²) >= 11 is 1.40. The van der Waals surface area contributed by atoms with Crippen LogP contribution in [0.2, 0.25) is 0 Å². The van der Waals surface area contributed by atoms with Crippen LogP contribution in [0.4, 0.5) is 4.39 Å². The molecule has 178 valence electrons. The summed E-state index contributed by atoms with van der Waals surface area (Å²) in [5, 5.41) is 3.02. The van der Waals surface area contributed by atoms with Gasteiger partial charge in [-0.2, -0.15) is 0 Å². The standard InChI is InChI=1S/C28H31FN2O2S/c1-28(2,3)30-27(33)25(18-21-12-6-4-7-13-21)31(19-22-14-10-11-17-24(22)29)26(32)20-34-23-15-8-5-9-16-23/h4-17,25H,18-20H2,1-3H3,(H,30,33)/t25-/m1/s1. The summed E-state index contributed by atoms with van der Waals surface area (Å²) in [5.41, 5.74) is 0.832. The normalized spacial score (nSPS) is 12.1. The Hall–Kier alpha value is -3.12. The quantitative estimate of drug-likeness (QED) is 0.415. The molecule has 1 N–H and O–H groups in total. The summed E-state index contributed by atoms with van der Waals surface area (Å²) in [6.45, 7) is 5.71. The third-order valence-corrected chi connectivity index (χ3v) is 6.17. The zero-order valence-corrected chi connectivity index (χ0v) is 20.6. The van der Waals surface area contributed by atoms with Crippen LogP contribution >= 0.6 is 11.8 Å². The molecule has 0 saturated heterocycles. The maximum Gasteiger partial charge on any atom is 0.243 e. The Labute approximate surface area is 205 Å². The van der Waals surface area contributed by atoms with Gasteiger partial charge in [0.1, 0.15) is 11.9 Å². The van der Waals surface area contributed by atoms with Crippen LogP contribution in [0.3, 0.4) is 0 Å². The van der Waals surface area contributed by atoms with Gasteiger partial charge in [-0.3, -0.25) is 9.59 Å². The number of carbonyl (C=O) groups excluding carboxylic acids is 2. The predicted molar refractivity (Wildman–Crippen MR) is 136 cm³/mol. The molecular weight excluding hydrogens is 447 g/mol. The average Bonchev–Trinajstić information content (AvgIpc) is 2.81. The molecule has 0 radical (unpaired) electrons. The maximum absolute atomic E-state index is 14.6. The first-order valence-electron chi connectivity index (χ1n) is 11.3. The van der Waals surface area contributed by atoms with Crippen molar-refractivity contribution in [2.24, 2.45) is 0 Å². The molecule has 34 heavy (non-hydrogen) atoms. The van der Waals surface area contributed by atoms with Crippen molar-refractivity contribution in [3.05, 3.63) is 102 Å². The van der Waals surface area contributed by atoms with Crippen LogP contribution in [-0.4, -0.2) is 34.0 Å². The van der Waals surface area contributed by atoms with E-state index < -0.39 is 17.4 Å². The van der Waals surface area contributed by atoms with Crippen molar-refractivity contribution in [3.63, 3.8) is 0 Å². The Morgan fingerprint density at radius 3 is 2.12 bits per heavy atom. The molecule has 0 heterocycles. The summed E-state index contributed by atoms with van der Waals surface area (Å²) in [5.74, 6) is -0.731. The Morgan fingerprint density at radius 1 is 0.912 bits per heavy atom. The second-order valence-corrected chi connectivity index (χ2v) is 10.2. The van der Waals surface area contributed by atoms with E-state index in [0.717, 1.165) is 10.5 Å². The van der Waals surface area contributed by atoms with Crippen LogP contribution in [0.25, 0.3) is 0 Å². The molecule has 0 unspecified atom stereocenters. The van der Waals surface area contributed by atoms with Gasteiger partial charge in [0.15, 0.2) is 0 Å². The van der Waals surface area contributed by atoms with Crippen molar-refractivity contribution < 1.29 is 14.0 Å². The molecular formula is C28H31FN2O2S. The molecule has 3 aromatic rings. The number of hydrogen-bond acceptors (Lipinski definition) is 3. The number of nitrogens with one attached hydrogen (secondary N) is 1. The first kappa shape index (κ1) is 25.5. The summed E-state index contributed by atoms with van der Waals surface area (Å²) in [6.07, 6.45) is 0.332. The van der Waals surface area contributed by atoms with Gasteiger partial charge in [-0.15, -0.1) is 11.8 Å². The van der Waals surface area contributed by atoms with Gasteiger partial charge in [-0.25, -0.2) is 4.39 Å². The zero-order valence-electron chi connectivity index (χ0n) is 19.8. The van der Waals surface area contributed by atoms with Gasteiger partial charge in [-0.1, -0.05) is 66.7 Å². The molecule has 0 aliphatic carbocycles. The third-order valence-electron chi connectivity index (χ3n) is 5.17. The highest BCUT2D eigenvalue weighted by molar-refractivity contribution is 8.00. The lowest BCUT2D eigenvalue weighted by molar-refractivity contribution is -0.140. The average molecular weight is 479 g/mol. The van der Waals surface area contributed by atoms with E-state index in [1.807, 2.05) is 81.4 Å². The lowest BCUT2D eigenvalue weighted by Gasteiger charge is -2.34. The molecule has 0 spiro atoms. The highest BCUT2D eigenvalue weighted by atomic mass is 32.2. The van der Waals surface area contributed by atoms with Gasteiger partial charge in [0.2, 0.25) is 11.8 Å². The third kappa shape index (κ3) is 7.73. The highest BCUT2D eigenvalue weighted by Gasteiger charge is 2.32. The van der Waals surface area contributed by atoms with Gasteiger partial charge >= 0.3 is 0 Å². The Balaban J connectivity index is 1.94. The molecule has 0 aromatic heterocycles. The Morgan fingerprint density at radius 2 is 1.50 bits per heavy atom. The SMILES string of the molecule is CC(C)(C)NC(=O)[C@@H](Cc1ccccc1)N(Cc1ccccc1F)C(=O)CSc1ccccc1. The van der Waals surface area contributed by atoms with E-state index in [1.165, 1.54) is 22.7 Å². The molecule has 2 amide bonds. The van der Waals surface area contributed by atoms with Gasteiger partial charge in [0.25, 0.3) is 0 Å². The maximum atomic E-state index is 14.6. The lowest BCUT2D eigenvalue weighted by Crippen LogP contribution is -2.54. The van der Waals surface area contributed by atoms with E-state index >= 15 is 0 Å². The number of halogens is 1. The van der Waals surface area contributed by atoms with E-state index in [4.69, 9.17) is 0 Å². The number of carbonyl (C=O) groups is 2. The summed E-state index contributed by atoms with van der Waals surface area (Å²) in [6, 6.07) is 24.8. The second kappa shape index (κ2) is 11.8. The van der Waals surface area contributed by atoms with Gasteiger partial charge in [0.05, 0.1) is 5.75 Å². The van der Waals surface area contributed by atoms with Gasteiger partial charge in [0, 0.05) is 29.0 Å². The number of thioether (sulfide) groups is 1. The minimum Gasteiger partial charge on any atom is -0.350 e. The molecule has 3 rings (SSSR count). The Kier molecular flexibility index (Phi) is 8.88. The van der Waals surface area contributed by atoms with E-state index in [0.29, 0.717) is 12.0 Å². The van der Waals surface area contributed by atoms with E-state index in [-0.39, 0.29) is 24.1 Å². The number of benzene rings is 3. The van der Waals surface area contributed by atoms with Crippen molar-refractivity contribution in [2.75, 3.05) is 5.75 Å². The molecule has 3 aromatic carbocycles. The smallest absolute Gasteiger partial charge is 0.243 e. The van der Waals surface area contributed by atoms with E-state index in [1.54, 1.807) is 18.2 Å². The lowest BCUT2D eigenvalue weighted by atomic mass is 10.0. The fraction of sp³-hybridized carbons (Fsp3) is 0.286. The number of amides is 2. The number of nitrogens with zero attached hydrogens (tertiary/aromatic N) is 1. The monoisotopic (exact) mass is 478 g/mol. The summed E-state index contributed by atoms with van der Waals surface area (Å²) in [4.78, 5) is 29.5. The molecule has 0 aliphatic heterocycles. The minimum atomic E-state index is -0.787. The van der Waals surface area contributed by atoms with Gasteiger partial charge in [-0.05, 0) is 44.5 Å². The first-order chi connectivity index (χ1) is 16.2. The fourth-order valence-corrected chi connectivity index (χ4v) is 4.37. The van der Waals surface area contributed by atoms with Crippen molar-refractivity contribution in [1.29, 1.82) is 0 Å². The van der Waals surface area contributed by atoms with Gasteiger partial charge < -0.3 is 10.2 Å². The molecule has 6 heteroatoms. The topological polar surface area (TPSA) is 49.4 Å². The Bertz CT molecular complexity index is 1080. The number of rotatable bonds is 9. The first-order valence-corrected chi connectivity index (χ1v) is 12.3. The highest BCUT2D eigenvalue weighted by Crippen LogP contribution is 2.22. The summed E-state index contributed by atoms with van der Waals surface area (Å²) < 4.78 is 14.6. The minimum absolute atomic E-state index is 0.00984. The predicted octanol–water partition coefficient (Wildman–Crippen LogP) is 5.47. The zero-order chi connectivity index (χ0) is 24.6. The van der Waals surface area contributed by atoms with Crippen LogP contribution in [0.15, 0.2) is 89.8 Å².